The second kappa shape index (κ2) is 5.30. The average molecular weight is 263 g/mol. The Labute approximate surface area is 111 Å². The van der Waals surface area contributed by atoms with Gasteiger partial charge in [0.05, 0.1) is 18.9 Å². The summed E-state index contributed by atoms with van der Waals surface area (Å²) in [6.45, 7) is 2.33. The third-order valence-corrected chi connectivity index (χ3v) is 3.38. The van der Waals surface area contributed by atoms with Crippen molar-refractivity contribution in [3.05, 3.63) is 29.3 Å². The number of ether oxygens (including phenoxy) is 1. The molecule has 19 heavy (non-hydrogen) atoms. The fourth-order valence-corrected chi connectivity index (χ4v) is 2.05. The van der Waals surface area contributed by atoms with E-state index in [1.807, 2.05) is 25.1 Å². The van der Waals surface area contributed by atoms with Gasteiger partial charge in [-0.05, 0) is 30.5 Å². The molecule has 5 nitrogen and oxygen atoms in total. The van der Waals surface area contributed by atoms with Gasteiger partial charge in [-0.2, -0.15) is 0 Å². The van der Waals surface area contributed by atoms with E-state index in [1.54, 1.807) is 7.11 Å². The summed E-state index contributed by atoms with van der Waals surface area (Å²) in [7, 11) is 1.60. The number of aryl methyl sites for hydroxylation is 1. The van der Waals surface area contributed by atoms with E-state index in [4.69, 9.17) is 9.84 Å². The number of benzene rings is 1. The summed E-state index contributed by atoms with van der Waals surface area (Å²) in [4.78, 5) is 22.4. The van der Waals surface area contributed by atoms with Gasteiger partial charge in [0.15, 0.2) is 0 Å². The smallest absolute Gasteiger partial charge is 0.307 e. The second-order valence-corrected chi connectivity index (χ2v) is 4.81. The number of carbonyl (C=O) groups is 2. The van der Waals surface area contributed by atoms with Crippen LogP contribution in [0.4, 0.5) is 0 Å². The van der Waals surface area contributed by atoms with Crippen molar-refractivity contribution in [2.24, 2.45) is 11.8 Å². The van der Waals surface area contributed by atoms with Crippen LogP contribution in [0, 0.1) is 18.8 Å². The maximum atomic E-state index is 11.7. The molecule has 2 N–H and O–H groups in total. The maximum absolute atomic E-state index is 11.7. The summed E-state index contributed by atoms with van der Waals surface area (Å²) in [6, 6.07) is 5.72. The van der Waals surface area contributed by atoms with Gasteiger partial charge in [0, 0.05) is 6.54 Å². The first-order valence-corrected chi connectivity index (χ1v) is 6.17. The fourth-order valence-electron chi connectivity index (χ4n) is 2.05. The summed E-state index contributed by atoms with van der Waals surface area (Å²) in [5, 5.41) is 11.5. The Hall–Kier alpha value is -2.04. The molecule has 0 aliphatic heterocycles. The summed E-state index contributed by atoms with van der Waals surface area (Å²) in [5.41, 5.74) is 1.97. The lowest BCUT2D eigenvalue weighted by Crippen LogP contribution is -2.25. The summed E-state index contributed by atoms with van der Waals surface area (Å²) < 4.78 is 5.21. The van der Waals surface area contributed by atoms with Crippen molar-refractivity contribution in [1.82, 2.24) is 5.32 Å². The van der Waals surface area contributed by atoms with E-state index in [-0.39, 0.29) is 11.8 Å². The number of amides is 1. The van der Waals surface area contributed by atoms with Gasteiger partial charge in [0.25, 0.3) is 0 Å². The van der Waals surface area contributed by atoms with Crippen LogP contribution in [0.25, 0.3) is 0 Å². The van der Waals surface area contributed by atoms with Crippen molar-refractivity contribution < 1.29 is 19.4 Å². The molecule has 102 valence electrons. The van der Waals surface area contributed by atoms with E-state index >= 15 is 0 Å². The third-order valence-electron chi connectivity index (χ3n) is 3.38. The van der Waals surface area contributed by atoms with Gasteiger partial charge in [0.2, 0.25) is 5.91 Å². The summed E-state index contributed by atoms with van der Waals surface area (Å²) in [5.74, 6) is -1.18. The van der Waals surface area contributed by atoms with Crippen molar-refractivity contribution in [3.8, 4) is 5.75 Å². The quantitative estimate of drug-likeness (QED) is 0.840. The van der Waals surface area contributed by atoms with E-state index in [1.165, 1.54) is 0 Å². The second-order valence-electron chi connectivity index (χ2n) is 4.81. The molecule has 2 atom stereocenters. The lowest BCUT2D eigenvalue weighted by Gasteiger charge is -2.08. The molecule has 1 fully saturated rings. The first-order valence-electron chi connectivity index (χ1n) is 6.17. The highest BCUT2D eigenvalue weighted by atomic mass is 16.5. The van der Waals surface area contributed by atoms with Crippen LogP contribution in [-0.2, 0) is 16.1 Å². The zero-order valence-corrected chi connectivity index (χ0v) is 11.0. The number of carboxylic acid groups (broad SMARTS) is 1. The van der Waals surface area contributed by atoms with Crippen molar-refractivity contribution >= 4 is 11.9 Å². The zero-order chi connectivity index (χ0) is 14.0. The van der Waals surface area contributed by atoms with E-state index < -0.39 is 11.9 Å². The summed E-state index contributed by atoms with van der Waals surface area (Å²) in [6.07, 6.45) is 0.443. The number of aliphatic carboxylic acids is 1. The fraction of sp³-hybridized carbons (Fsp3) is 0.429. The number of hydrogen-bond acceptors (Lipinski definition) is 3. The van der Waals surface area contributed by atoms with Gasteiger partial charge in [-0.1, -0.05) is 12.1 Å². The van der Waals surface area contributed by atoms with Crippen LogP contribution >= 0.6 is 0 Å². The normalized spacial score (nSPS) is 20.7. The van der Waals surface area contributed by atoms with E-state index in [2.05, 4.69) is 5.32 Å². The van der Waals surface area contributed by atoms with Gasteiger partial charge in [-0.25, -0.2) is 0 Å². The molecule has 0 bridgehead atoms. The Balaban J connectivity index is 1.89. The molecule has 2 unspecified atom stereocenters. The van der Waals surface area contributed by atoms with Gasteiger partial charge in [-0.15, -0.1) is 0 Å². The van der Waals surface area contributed by atoms with Crippen LogP contribution in [0.15, 0.2) is 18.2 Å². The number of hydrogen-bond donors (Lipinski definition) is 2. The molecule has 1 aromatic rings. The topological polar surface area (TPSA) is 75.6 Å². The Morgan fingerprint density at radius 2 is 2.16 bits per heavy atom. The van der Waals surface area contributed by atoms with E-state index in [9.17, 15) is 9.59 Å². The SMILES string of the molecule is COc1cc(CNC(=O)C2CC2C(=O)O)ccc1C. The van der Waals surface area contributed by atoms with Crippen LogP contribution in [0.1, 0.15) is 17.5 Å². The highest BCUT2D eigenvalue weighted by Gasteiger charge is 2.48. The number of methoxy groups -OCH3 is 1. The molecule has 0 spiro atoms. The Morgan fingerprint density at radius 3 is 2.74 bits per heavy atom. The molecule has 0 aromatic heterocycles. The van der Waals surface area contributed by atoms with Crippen LogP contribution in [-0.4, -0.2) is 24.1 Å². The maximum Gasteiger partial charge on any atom is 0.307 e. The van der Waals surface area contributed by atoms with Crippen molar-refractivity contribution in [2.45, 2.75) is 19.9 Å². The Kier molecular flexibility index (Phi) is 3.74. The number of nitrogens with one attached hydrogen (secondary N) is 1. The molecule has 1 amide bonds. The molecular weight excluding hydrogens is 246 g/mol. The van der Waals surface area contributed by atoms with Gasteiger partial charge < -0.3 is 15.2 Å². The average Bonchev–Trinajstić information content (AvgIpc) is 3.17. The Bertz CT molecular complexity index is 512. The Morgan fingerprint density at radius 1 is 1.42 bits per heavy atom. The third kappa shape index (κ3) is 3.05. The standard InChI is InChI=1S/C14H17NO4/c1-8-3-4-9(5-12(8)19-2)7-15-13(16)10-6-11(10)14(17)18/h3-5,10-11H,6-7H2,1-2H3,(H,15,16)(H,17,18). The molecular formula is C14H17NO4. The monoisotopic (exact) mass is 263 g/mol. The molecule has 1 aliphatic carbocycles. The van der Waals surface area contributed by atoms with Crippen molar-refractivity contribution in [1.29, 1.82) is 0 Å². The minimum absolute atomic E-state index is 0.188. The molecule has 1 aliphatic rings. The number of carbonyl (C=O) groups excluding carboxylic acids is 1. The zero-order valence-electron chi connectivity index (χ0n) is 11.0. The minimum atomic E-state index is -0.892. The molecule has 0 heterocycles. The predicted molar refractivity (Wildman–Crippen MR) is 68.8 cm³/mol. The van der Waals surface area contributed by atoms with Gasteiger partial charge in [0.1, 0.15) is 5.75 Å². The lowest BCUT2D eigenvalue weighted by atomic mass is 10.1. The van der Waals surface area contributed by atoms with E-state index in [0.29, 0.717) is 13.0 Å². The summed E-state index contributed by atoms with van der Waals surface area (Å²) >= 11 is 0. The lowest BCUT2D eigenvalue weighted by molar-refractivity contribution is -0.140. The predicted octanol–water partition coefficient (Wildman–Crippen LogP) is 1.34. The molecule has 1 aromatic carbocycles. The first-order chi connectivity index (χ1) is 9.02. The molecule has 2 rings (SSSR count). The molecule has 5 heteroatoms. The van der Waals surface area contributed by atoms with Crippen LogP contribution < -0.4 is 10.1 Å². The largest absolute Gasteiger partial charge is 0.496 e. The number of carboxylic acids is 1. The van der Waals surface area contributed by atoms with Gasteiger partial charge in [-0.3, -0.25) is 9.59 Å². The van der Waals surface area contributed by atoms with Crippen LogP contribution in [0.5, 0.6) is 5.75 Å². The first kappa shape index (κ1) is 13.4. The molecule has 0 radical (unpaired) electrons. The van der Waals surface area contributed by atoms with Gasteiger partial charge >= 0.3 is 5.97 Å². The van der Waals surface area contributed by atoms with Crippen LogP contribution in [0.2, 0.25) is 0 Å². The minimum Gasteiger partial charge on any atom is -0.496 e. The van der Waals surface area contributed by atoms with Crippen molar-refractivity contribution in [2.75, 3.05) is 7.11 Å². The highest BCUT2D eigenvalue weighted by molar-refractivity contribution is 5.89. The highest BCUT2D eigenvalue weighted by Crippen LogP contribution is 2.38. The van der Waals surface area contributed by atoms with Crippen molar-refractivity contribution in [3.63, 3.8) is 0 Å². The number of rotatable bonds is 5. The molecule has 0 saturated heterocycles. The van der Waals surface area contributed by atoms with E-state index in [0.717, 1.165) is 16.9 Å². The molecule has 1 saturated carbocycles. The van der Waals surface area contributed by atoms with Crippen LogP contribution in [0.3, 0.4) is 0 Å².